The highest BCUT2D eigenvalue weighted by atomic mass is 35.5. The van der Waals surface area contributed by atoms with Gasteiger partial charge in [-0.3, -0.25) is 4.40 Å². The van der Waals surface area contributed by atoms with Crippen LogP contribution in [0, 0.1) is 5.41 Å². The number of aromatic nitrogens is 2. The average molecular weight is 476 g/mol. The molecule has 2 aromatic heterocycles. The number of aliphatic hydroxyl groups excluding tert-OH is 1. The van der Waals surface area contributed by atoms with Crippen molar-refractivity contribution in [1.82, 2.24) is 9.38 Å². The summed E-state index contributed by atoms with van der Waals surface area (Å²) in [5, 5.41) is 10.9. The summed E-state index contributed by atoms with van der Waals surface area (Å²) in [5.41, 5.74) is 16.4. The van der Waals surface area contributed by atoms with Crippen LogP contribution in [0.5, 0.6) is 0 Å². The van der Waals surface area contributed by atoms with E-state index in [-0.39, 0.29) is 24.2 Å². The third kappa shape index (κ3) is 3.26. The lowest BCUT2D eigenvalue weighted by Gasteiger charge is -2.42. The van der Waals surface area contributed by atoms with Gasteiger partial charge in [-0.15, -0.1) is 0 Å². The van der Waals surface area contributed by atoms with E-state index >= 15 is 0 Å². The summed E-state index contributed by atoms with van der Waals surface area (Å²) in [5.74, 6) is 0.899. The summed E-state index contributed by atoms with van der Waals surface area (Å²) in [6.07, 6.45) is 3.63. The van der Waals surface area contributed by atoms with Crippen molar-refractivity contribution in [2.75, 3.05) is 30.3 Å². The maximum Gasteiger partial charge on any atom is 0.148 e. The molecule has 5 N–H and O–H groups in total. The van der Waals surface area contributed by atoms with E-state index in [4.69, 9.17) is 39.4 Å². The molecule has 0 amide bonds. The fraction of sp³-hybridized carbons (Fsp3) is 0.435. The van der Waals surface area contributed by atoms with Gasteiger partial charge in [0.1, 0.15) is 11.5 Å². The first-order chi connectivity index (χ1) is 15.4. The Labute approximate surface area is 196 Å². The monoisotopic (exact) mass is 475 g/mol. The number of piperidine rings is 1. The Kier molecular flexibility index (Phi) is 5.50. The number of hydrogen-bond donors (Lipinski definition) is 3. The van der Waals surface area contributed by atoms with Crippen molar-refractivity contribution in [1.29, 1.82) is 0 Å². The largest absolute Gasteiger partial charge is 0.398 e. The highest BCUT2D eigenvalue weighted by molar-refractivity contribution is 6.44. The van der Waals surface area contributed by atoms with Crippen LogP contribution in [0.25, 0.3) is 16.8 Å². The molecular formula is C23H27Cl2N5O2. The van der Waals surface area contributed by atoms with Crippen molar-refractivity contribution in [2.45, 2.75) is 38.5 Å². The molecule has 0 saturated carbocycles. The number of benzene rings is 1. The molecule has 1 spiro atoms. The van der Waals surface area contributed by atoms with Crippen molar-refractivity contribution in [3.8, 4) is 11.1 Å². The van der Waals surface area contributed by atoms with E-state index < -0.39 is 0 Å². The molecule has 3 aromatic rings. The minimum atomic E-state index is -0.144. The van der Waals surface area contributed by atoms with E-state index in [9.17, 15) is 5.11 Å². The second-order valence-corrected chi connectivity index (χ2v) is 9.68. The van der Waals surface area contributed by atoms with Gasteiger partial charge in [-0.05, 0) is 25.8 Å². The normalized spacial score (nSPS) is 22.8. The molecule has 5 rings (SSSR count). The van der Waals surface area contributed by atoms with E-state index in [2.05, 4.69) is 16.8 Å². The SMILES string of the molecule is CC1OCC2(CCN(c3cc(N)c(-c4cccc(Cl)c4Cl)c4ncc(CO)n34)CC2)C1N. The highest BCUT2D eigenvalue weighted by Crippen LogP contribution is 2.44. The molecule has 32 heavy (non-hydrogen) atoms. The summed E-state index contributed by atoms with van der Waals surface area (Å²) in [4.78, 5) is 6.89. The molecule has 2 aliphatic rings. The smallest absolute Gasteiger partial charge is 0.148 e. The Morgan fingerprint density at radius 2 is 2.03 bits per heavy atom. The van der Waals surface area contributed by atoms with Crippen LogP contribution in [0.1, 0.15) is 25.5 Å². The van der Waals surface area contributed by atoms with Gasteiger partial charge in [0.05, 0.1) is 41.3 Å². The maximum atomic E-state index is 10.0. The molecule has 2 aliphatic heterocycles. The number of rotatable bonds is 3. The topological polar surface area (TPSA) is 102 Å². The zero-order valence-corrected chi connectivity index (χ0v) is 19.4. The van der Waals surface area contributed by atoms with Gasteiger partial charge in [0.15, 0.2) is 0 Å². The first-order valence-corrected chi connectivity index (χ1v) is 11.6. The summed E-state index contributed by atoms with van der Waals surface area (Å²) in [7, 11) is 0. The quantitative estimate of drug-likeness (QED) is 0.533. The second-order valence-electron chi connectivity index (χ2n) is 8.89. The van der Waals surface area contributed by atoms with Crippen molar-refractivity contribution >= 4 is 40.4 Å². The van der Waals surface area contributed by atoms with E-state index in [1.165, 1.54) is 0 Å². The number of nitrogen functional groups attached to an aromatic ring is 1. The number of nitrogens with zero attached hydrogens (tertiary/aromatic N) is 3. The second kappa shape index (κ2) is 8.08. The number of hydrogen-bond acceptors (Lipinski definition) is 6. The van der Waals surface area contributed by atoms with E-state index in [1.807, 2.05) is 22.6 Å². The van der Waals surface area contributed by atoms with Gasteiger partial charge in [-0.25, -0.2) is 4.98 Å². The van der Waals surface area contributed by atoms with Crippen LogP contribution in [0.15, 0.2) is 30.5 Å². The third-order valence-corrected chi connectivity index (χ3v) is 7.99. The molecular weight excluding hydrogens is 449 g/mol. The first-order valence-electron chi connectivity index (χ1n) is 10.8. The van der Waals surface area contributed by atoms with Gasteiger partial charge in [0.2, 0.25) is 0 Å². The fourth-order valence-electron chi connectivity index (χ4n) is 5.20. The third-order valence-electron chi connectivity index (χ3n) is 7.17. The summed E-state index contributed by atoms with van der Waals surface area (Å²) < 4.78 is 7.83. The predicted octanol–water partition coefficient (Wildman–Crippen LogP) is 3.72. The molecule has 170 valence electrons. The minimum Gasteiger partial charge on any atom is -0.398 e. The Bertz CT molecular complexity index is 1170. The number of fused-ring (bicyclic) bond motifs is 1. The molecule has 0 bridgehead atoms. The van der Waals surface area contributed by atoms with Crippen molar-refractivity contribution in [3.63, 3.8) is 0 Å². The predicted molar refractivity (Wildman–Crippen MR) is 128 cm³/mol. The molecule has 9 heteroatoms. The number of ether oxygens (including phenoxy) is 1. The maximum absolute atomic E-state index is 10.0. The van der Waals surface area contributed by atoms with Crippen LogP contribution in [-0.4, -0.2) is 46.3 Å². The standard InChI is InChI=1S/C23H27Cl2N5O2/c1-13-21(27)23(12-32-13)5-7-29(8-6-23)18-9-17(26)19(15-3-2-4-16(24)20(15)25)22-28-10-14(11-31)30(18)22/h2-4,9-10,13,21,31H,5-8,11-12,26-27H2,1H3. The summed E-state index contributed by atoms with van der Waals surface area (Å²) in [6, 6.07) is 7.43. The van der Waals surface area contributed by atoms with Crippen molar-refractivity contribution in [2.24, 2.45) is 11.1 Å². The van der Waals surface area contributed by atoms with Crippen LogP contribution in [0.4, 0.5) is 11.5 Å². The minimum absolute atomic E-state index is 0.0174. The number of halogens is 2. The molecule has 0 radical (unpaired) electrons. The molecule has 2 saturated heterocycles. The van der Waals surface area contributed by atoms with Crippen LogP contribution in [0.3, 0.4) is 0 Å². The number of imidazole rings is 1. The Morgan fingerprint density at radius 3 is 2.69 bits per heavy atom. The number of anilines is 2. The van der Waals surface area contributed by atoms with Crippen LogP contribution in [-0.2, 0) is 11.3 Å². The summed E-state index contributed by atoms with van der Waals surface area (Å²) in [6.45, 7) is 4.25. The number of pyridine rings is 1. The molecule has 1 aromatic carbocycles. The van der Waals surface area contributed by atoms with Gasteiger partial charge < -0.3 is 26.2 Å². The lowest BCUT2D eigenvalue weighted by atomic mass is 9.73. The molecule has 0 aliphatic carbocycles. The van der Waals surface area contributed by atoms with Crippen molar-refractivity contribution < 1.29 is 9.84 Å². The van der Waals surface area contributed by atoms with Crippen LogP contribution in [0.2, 0.25) is 10.0 Å². The van der Waals surface area contributed by atoms with Crippen LogP contribution >= 0.6 is 23.2 Å². The Morgan fingerprint density at radius 1 is 1.28 bits per heavy atom. The van der Waals surface area contributed by atoms with Gasteiger partial charge in [-0.1, -0.05) is 35.3 Å². The molecule has 2 atom stereocenters. The van der Waals surface area contributed by atoms with Gasteiger partial charge >= 0.3 is 0 Å². The lowest BCUT2D eigenvalue weighted by molar-refractivity contribution is 0.0974. The average Bonchev–Trinajstić information content (AvgIpc) is 3.33. The molecule has 2 unspecified atom stereocenters. The van der Waals surface area contributed by atoms with Gasteiger partial charge in [0, 0.05) is 47.4 Å². The zero-order chi connectivity index (χ0) is 22.6. The van der Waals surface area contributed by atoms with E-state index in [0.717, 1.165) is 31.7 Å². The molecule has 2 fully saturated rings. The van der Waals surface area contributed by atoms with E-state index in [0.29, 0.717) is 44.8 Å². The molecule has 4 heterocycles. The fourth-order valence-corrected chi connectivity index (χ4v) is 5.59. The number of nitrogens with two attached hydrogens (primary N) is 2. The first kappa shape index (κ1) is 21.8. The van der Waals surface area contributed by atoms with Crippen molar-refractivity contribution in [3.05, 3.63) is 46.2 Å². The van der Waals surface area contributed by atoms with E-state index in [1.54, 1.807) is 12.3 Å². The lowest BCUT2D eigenvalue weighted by Crippen LogP contribution is -2.51. The van der Waals surface area contributed by atoms with Crippen LogP contribution < -0.4 is 16.4 Å². The van der Waals surface area contributed by atoms with Gasteiger partial charge in [0.25, 0.3) is 0 Å². The summed E-state index contributed by atoms with van der Waals surface area (Å²) >= 11 is 12.8. The Balaban J connectivity index is 1.58. The van der Waals surface area contributed by atoms with Gasteiger partial charge in [-0.2, -0.15) is 0 Å². The highest BCUT2D eigenvalue weighted by Gasteiger charge is 2.47. The molecule has 7 nitrogen and oxygen atoms in total. The zero-order valence-electron chi connectivity index (χ0n) is 17.9. The number of aliphatic hydroxyl groups is 1. The Hall–Kier alpha value is -2.03.